The fourth-order valence-corrected chi connectivity index (χ4v) is 3.79. The van der Waals surface area contributed by atoms with Crippen LogP contribution in [0.2, 0.25) is 0 Å². The Balaban J connectivity index is 1.65. The monoisotopic (exact) mass is 298 g/mol. The maximum absolute atomic E-state index is 12.7. The normalized spacial score (nSPS) is 19.4. The lowest BCUT2D eigenvalue weighted by atomic mass is 9.95. The van der Waals surface area contributed by atoms with E-state index < -0.39 is 0 Å². The Hall–Kier alpha value is -1.81. The Morgan fingerprint density at radius 1 is 1.18 bits per heavy atom. The summed E-state index contributed by atoms with van der Waals surface area (Å²) in [5.41, 5.74) is 4.69. The van der Waals surface area contributed by atoms with Gasteiger partial charge in [-0.1, -0.05) is 0 Å². The van der Waals surface area contributed by atoms with Crippen molar-refractivity contribution in [1.82, 2.24) is 9.88 Å². The molecule has 0 bridgehead atoms. The van der Waals surface area contributed by atoms with Crippen LogP contribution in [0.3, 0.4) is 0 Å². The standard InChI is InChI=1S/C18H22N2O2/c21-13-7-9-20(10-8-13)18(22)12-5-6-17-15(11-12)14-3-1-2-4-16(14)19-17/h5-6,11,13,19,21H,1-4,7-10H2. The van der Waals surface area contributed by atoms with E-state index in [4.69, 9.17) is 0 Å². The Bertz CT molecular complexity index is 711. The summed E-state index contributed by atoms with van der Waals surface area (Å²) in [6.07, 6.45) is 5.86. The second-order valence-corrected chi connectivity index (χ2v) is 6.57. The van der Waals surface area contributed by atoms with Gasteiger partial charge in [0.15, 0.2) is 0 Å². The predicted octanol–water partition coefficient (Wildman–Crippen LogP) is 2.64. The molecule has 2 aliphatic rings. The van der Waals surface area contributed by atoms with Crippen LogP contribution in [-0.4, -0.2) is 40.1 Å². The van der Waals surface area contributed by atoms with E-state index in [1.165, 1.54) is 29.5 Å². The topological polar surface area (TPSA) is 56.3 Å². The SMILES string of the molecule is O=C(c1ccc2[nH]c3c(c2c1)CCCC3)N1CCC(O)CC1. The smallest absolute Gasteiger partial charge is 0.253 e. The van der Waals surface area contributed by atoms with Gasteiger partial charge >= 0.3 is 0 Å². The third kappa shape index (κ3) is 2.31. The molecule has 1 saturated heterocycles. The van der Waals surface area contributed by atoms with Gasteiger partial charge in [-0.05, 0) is 62.3 Å². The second-order valence-electron chi connectivity index (χ2n) is 6.57. The van der Waals surface area contributed by atoms with Crippen molar-refractivity contribution in [3.05, 3.63) is 35.0 Å². The number of amides is 1. The van der Waals surface area contributed by atoms with E-state index in [1.54, 1.807) is 0 Å². The highest BCUT2D eigenvalue weighted by molar-refractivity contribution is 5.99. The molecular weight excluding hydrogens is 276 g/mol. The number of carbonyl (C=O) groups excluding carboxylic acids is 1. The van der Waals surface area contributed by atoms with Crippen molar-refractivity contribution < 1.29 is 9.90 Å². The highest BCUT2D eigenvalue weighted by Gasteiger charge is 2.23. The van der Waals surface area contributed by atoms with Crippen molar-refractivity contribution in [3.63, 3.8) is 0 Å². The predicted molar refractivity (Wildman–Crippen MR) is 86.1 cm³/mol. The zero-order chi connectivity index (χ0) is 15.1. The van der Waals surface area contributed by atoms with E-state index in [9.17, 15) is 9.90 Å². The minimum atomic E-state index is -0.247. The van der Waals surface area contributed by atoms with Gasteiger partial charge < -0.3 is 15.0 Å². The molecule has 1 fully saturated rings. The molecule has 4 rings (SSSR count). The lowest BCUT2D eigenvalue weighted by Crippen LogP contribution is -2.40. The molecule has 2 aromatic rings. The molecule has 1 aliphatic carbocycles. The van der Waals surface area contributed by atoms with Crippen LogP contribution in [0.25, 0.3) is 10.9 Å². The molecule has 0 unspecified atom stereocenters. The Kier molecular flexibility index (Phi) is 3.41. The first kappa shape index (κ1) is 13.8. The second kappa shape index (κ2) is 5.43. The first-order valence-electron chi connectivity index (χ1n) is 8.33. The van der Waals surface area contributed by atoms with Crippen LogP contribution in [0.15, 0.2) is 18.2 Å². The van der Waals surface area contributed by atoms with Crippen LogP contribution in [0.5, 0.6) is 0 Å². The van der Waals surface area contributed by atoms with Crippen LogP contribution < -0.4 is 0 Å². The summed E-state index contributed by atoms with van der Waals surface area (Å²) in [6.45, 7) is 1.31. The number of aryl methyl sites for hydroxylation is 2. The number of hydrogen-bond acceptors (Lipinski definition) is 2. The number of piperidine rings is 1. The summed E-state index contributed by atoms with van der Waals surface area (Å²) in [4.78, 5) is 18.1. The molecule has 4 heteroatoms. The number of nitrogens with one attached hydrogen (secondary N) is 1. The average Bonchev–Trinajstić information content (AvgIpc) is 2.92. The van der Waals surface area contributed by atoms with Crippen LogP contribution >= 0.6 is 0 Å². The fourth-order valence-electron chi connectivity index (χ4n) is 3.79. The summed E-state index contributed by atoms with van der Waals surface area (Å²) >= 11 is 0. The molecular formula is C18H22N2O2. The van der Waals surface area contributed by atoms with Gasteiger partial charge in [-0.15, -0.1) is 0 Å². The number of aromatic amines is 1. The zero-order valence-electron chi connectivity index (χ0n) is 12.8. The Morgan fingerprint density at radius 3 is 2.77 bits per heavy atom. The largest absolute Gasteiger partial charge is 0.393 e. The number of aliphatic hydroxyl groups excluding tert-OH is 1. The van der Waals surface area contributed by atoms with Gasteiger partial charge in [-0.3, -0.25) is 4.79 Å². The van der Waals surface area contributed by atoms with Crippen LogP contribution in [0, 0.1) is 0 Å². The van der Waals surface area contributed by atoms with E-state index in [0.29, 0.717) is 25.9 Å². The molecule has 0 saturated carbocycles. The van der Waals surface area contributed by atoms with Gasteiger partial charge in [-0.2, -0.15) is 0 Å². The average molecular weight is 298 g/mol. The number of H-pyrrole nitrogens is 1. The van der Waals surface area contributed by atoms with E-state index in [1.807, 2.05) is 17.0 Å². The first-order chi connectivity index (χ1) is 10.7. The number of aliphatic hydroxyl groups is 1. The maximum atomic E-state index is 12.7. The Morgan fingerprint density at radius 2 is 1.95 bits per heavy atom. The van der Waals surface area contributed by atoms with E-state index in [2.05, 4.69) is 11.1 Å². The number of benzene rings is 1. The van der Waals surface area contributed by atoms with Gasteiger partial charge in [0, 0.05) is 35.2 Å². The minimum absolute atomic E-state index is 0.0968. The Labute approximate surface area is 130 Å². The number of nitrogens with zero attached hydrogens (tertiary/aromatic N) is 1. The number of rotatable bonds is 1. The molecule has 1 aromatic heterocycles. The number of fused-ring (bicyclic) bond motifs is 3. The molecule has 0 atom stereocenters. The molecule has 4 nitrogen and oxygen atoms in total. The summed E-state index contributed by atoms with van der Waals surface area (Å²) in [5.74, 6) is 0.0968. The highest BCUT2D eigenvalue weighted by atomic mass is 16.3. The minimum Gasteiger partial charge on any atom is -0.393 e. The van der Waals surface area contributed by atoms with E-state index in [-0.39, 0.29) is 12.0 Å². The van der Waals surface area contributed by atoms with Gasteiger partial charge in [0.1, 0.15) is 0 Å². The maximum Gasteiger partial charge on any atom is 0.253 e. The number of hydrogen-bond donors (Lipinski definition) is 2. The van der Waals surface area contributed by atoms with Gasteiger partial charge in [0.05, 0.1) is 6.10 Å². The van der Waals surface area contributed by atoms with Crippen molar-refractivity contribution in [2.75, 3.05) is 13.1 Å². The molecule has 2 N–H and O–H groups in total. The summed E-state index contributed by atoms with van der Waals surface area (Å²) in [6, 6.07) is 6.03. The molecule has 22 heavy (non-hydrogen) atoms. The number of likely N-dealkylation sites (tertiary alicyclic amines) is 1. The van der Waals surface area contributed by atoms with Crippen molar-refractivity contribution in [2.45, 2.75) is 44.6 Å². The molecule has 0 spiro atoms. The molecule has 1 amide bonds. The quantitative estimate of drug-likeness (QED) is 0.850. The van der Waals surface area contributed by atoms with Gasteiger partial charge in [0.25, 0.3) is 5.91 Å². The zero-order valence-corrected chi connectivity index (χ0v) is 12.8. The highest BCUT2D eigenvalue weighted by Crippen LogP contribution is 2.30. The van der Waals surface area contributed by atoms with Crippen molar-refractivity contribution in [2.24, 2.45) is 0 Å². The van der Waals surface area contributed by atoms with E-state index >= 15 is 0 Å². The summed E-state index contributed by atoms with van der Waals surface area (Å²) in [5, 5.41) is 10.8. The molecule has 0 radical (unpaired) electrons. The van der Waals surface area contributed by atoms with Crippen LogP contribution in [-0.2, 0) is 12.8 Å². The van der Waals surface area contributed by atoms with E-state index in [0.717, 1.165) is 23.9 Å². The molecule has 116 valence electrons. The third-order valence-corrected chi connectivity index (χ3v) is 5.10. The lowest BCUT2D eigenvalue weighted by molar-refractivity contribution is 0.0546. The molecule has 2 heterocycles. The van der Waals surface area contributed by atoms with Crippen molar-refractivity contribution >= 4 is 16.8 Å². The molecule has 1 aliphatic heterocycles. The third-order valence-electron chi connectivity index (χ3n) is 5.10. The fraction of sp³-hybridized carbons (Fsp3) is 0.500. The molecule has 1 aromatic carbocycles. The lowest BCUT2D eigenvalue weighted by Gasteiger charge is -2.29. The van der Waals surface area contributed by atoms with Crippen LogP contribution in [0.1, 0.15) is 47.3 Å². The van der Waals surface area contributed by atoms with Gasteiger partial charge in [-0.25, -0.2) is 0 Å². The van der Waals surface area contributed by atoms with Gasteiger partial charge in [0.2, 0.25) is 0 Å². The number of aromatic nitrogens is 1. The first-order valence-corrected chi connectivity index (χ1v) is 8.33. The van der Waals surface area contributed by atoms with Crippen molar-refractivity contribution in [3.8, 4) is 0 Å². The van der Waals surface area contributed by atoms with Crippen molar-refractivity contribution in [1.29, 1.82) is 0 Å². The summed E-state index contributed by atoms with van der Waals surface area (Å²) in [7, 11) is 0. The number of carbonyl (C=O) groups is 1. The summed E-state index contributed by atoms with van der Waals surface area (Å²) < 4.78 is 0. The van der Waals surface area contributed by atoms with Crippen LogP contribution in [0.4, 0.5) is 0 Å².